The average Bonchev–Trinajstić information content (AvgIpc) is 3.02. The molecule has 1 amide bonds. The van der Waals surface area contributed by atoms with Crippen molar-refractivity contribution in [1.82, 2.24) is 20.0 Å². The van der Waals surface area contributed by atoms with Crippen molar-refractivity contribution >= 4 is 29.7 Å². The average molecular weight is 315 g/mol. The number of nitrogens with zero attached hydrogens (tertiary/aromatic N) is 3. The second-order valence-electron chi connectivity index (χ2n) is 4.44. The van der Waals surface area contributed by atoms with Crippen LogP contribution < -0.4 is 5.32 Å². The first-order chi connectivity index (χ1) is 9.11. The van der Waals surface area contributed by atoms with Gasteiger partial charge in [-0.25, -0.2) is 0 Å². The Morgan fingerprint density at radius 1 is 1.60 bits per heavy atom. The van der Waals surface area contributed by atoms with Gasteiger partial charge in [-0.3, -0.25) is 9.48 Å². The van der Waals surface area contributed by atoms with E-state index in [4.69, 9.17) is 0 Å². The van der Waals surface area contributed by atoms with Crippen LogP contribution in [0.2, 0.25) is 0 Å². The van der Waals surface area contributed by atoms with Crippen LogP contribution in [0.1, 0.15) is 16.5 Å². The lowest BCUT2D eigenvalue weighted by Gasteiger charge is -2.22. The highest BCUT2D eigenvalue weighted by Crippen LogP contribution is 2.17. The normalized spacial score (nSPS) is 11.8. The van der Waals surface area contributed by atoms with Gasteiger partial charge in [0.2, 0.25) is 5.91 Å². The Hall–Kier alpha value is -1.37. The minimum Gasteiger partial charge on any atom is -0.339 e. The quantitative estimate of drug-likeness (QED) is 0.916. The largest absolute Gasteiger partial charge is 0.339 e. The smallest absolute Gasteiger partial charge is 0.244 e. The summed E-state index contributed by atoms with van der Waals surface area (Å²) < 4.78 is 1.70. The van der Waals surface area contributed by atoms with Gasteiger partial charge in [-0.1, -0.05) is 6.07 Å². The molecule has 5 nitrogen and oxygen atoms in total. The van der Waals surface area contributed by atoms with Crippen molar-refractivity contribution in [3.8, 4) is 0 Å². The predicted molar refractivity (Wildman–Crippen MR) is 83.0 cm³/mol. The second kappa shape index (κ2) is 7.42. The number of aromatic nitrogens is 2. The van der Waals surface area contributed by atoms with E-state index in [2.05, 4.69) is 10.4 Å². The molecule has 1 atom stereocenters. The van der Waals surface area contributed by atoms with Crippen molar-refractivity contribution in [2.45, 2.75) is 12.6 Å². The number of carbonyl (C=O) groups excluding carboxylic acids is 1. The number of nitrogens with one attached hydrogen (secondary N) is 1. The van der Waals surface area contributed by atoms with E-state index < -0.39 is 0 Å². The van der Waals surface area contributed by atoms with Gasteiger partial charge in [0.25, 0.3) is 0 Å². The molecule has 2 aromatic rings. The molecule has 2 heterocycles. The van der Waals surface area contributed by atoms with E-state index >= 15 is 0 Å². The lowest BCUT2D eigenvalue weighted by Crippen LogP contribution is -2.36. The van der Waals surface area contributed by atoms with Crippen LogP contribution in [0.25, 0.3) is 0 Å². The minimum atomic E-state index is -0.348. The predicted octanol–water partition coefficient (Wildman–Crippen LogP) is 1.82. The van der Waals surface area contributed by atoms with E-state index in [1.807, 2.05) is 37.8 Å². The van der Waals surface area contributed by atoms with Crippen LogP contribution in [0.4, 0.5) is 0 Å². The monoisotopic (exact) mass is 314 g/mol. The maximum absolute atomic E-state index is 12.4. The van der Waals surface area contributed by atoms with E-state index in [9.17, 15) is 4.79 Å². The fourth-order valence-electron chi connectivity index (χ4n) is 1.96. The van der Waals surface area contributed by atoms with Gasteiger partial charge < -0.3 is 10.2 Å². The van der Waals surface area contributed by atoms with Gasteiger partial charge in [0.15, 0.2) is 0 Å². The Morgan fingerprint density at radius 3 is 2.85 bits per heavy atom. The summed E-state index contributed by atoms with van der Waals surface area (Å²) >= 11 is 1.66. The van der Waals surface area contributed by atoms with Gasteiger partial charge in [0.1, 0.15) is 6.04 Å². The summed E-state index contributed by atoms with van der Waals surface area (Å²) in [6.45, 7) is 0.634. The van der Waals surface area contributed by atoms with E-state index in [-0.39, 0.29) is 24.4 Å². The van der Waals surface area contributed by atoms with Crippen LogP contribution in [0.5, 0.6) is 0 Å². The Labute approximate surface area is 129 Å². The Morgan fingerprint density at radius 2 is 2.35 bits per heavy atom. The molecule has 0 saturated heterocycles. The summed E-state index contributed by atoms with van der Waals surface area (Å²) in [7, 11) is 5.45. The molecule has 20 heavy (non-hydrogen) atoms. The standard InChI is InChI=1S/C13H18N4OS.ClH/c1-14-12(10-7-15-17(3)8-10)13(18)16(2)9-11-5-4-6-19-11;/h4-8,12,14H,9H2,1-3H3;1H. The van der Waals surface area contributed by atoms with Crippen LogP contribution in [0.15, 0.2) is 29.9 Å². The number of carbonyl (C=O) groups is 1. The van der Waals surface area contributed by atoms with Crippen molar-refractivity contribution in [3.05, 3.63) is 40.3 Å². The molecule has 0 spiro atoms. The van der Waals surface area contributed by atoms with Gasteiger partial charge in [0.05, 0.1) is 12.7 Å². The molecule has 0 aliphatic rings. The third-order valence-corrected chi connectivity index (χ3v) is 3.80. The first-order valence-corrected chi connectivity index (χ1v) is 6.93. The Kier molecular flexibility index (Phi) is 6.19. The maximum atomic E-state index is 12.4. The lowest BCUT2D eigenvalue weighted by atomic mass is 10.1. The highest BCUT2D eigenvalue weighted by molar-refractivity contribution is 7.09. The molecule has 0 bridgehead atoms. The highest BCUT2D eigenvalue weighted by atomic mass is 35.5. The summed E-state index contributed by atoms with van der Waals surface area (Å²) in [5, 5.41) is 9.18. The molecule has 7 heteroatoms. The number of aryl methyl sites for hydroxylation is 1. The summed E-state index contributed by atoms with van der Waals surface area (Å²) in [6.07, 6.45) is 3.58. The fraction of sp³-hybridized carbons (Fsp3) is 0.385. The zero-order valence-corrected chi connectivity index (χ0v) is 13.4. The van der Waals surface area contributed by atoms with Gasteiger partial charge >= 0.3 is 0 Å². The topological polar surface area (TPSA) is 50.2 Å². The molecule has 0 aliphatic heterocycles. The van der Waals surface area contributed by atoms with Crippen LogP contribution in [-0.4, -0.2) is 34.7 Å². The Balaban J connectivity index is 0.00000200. The SMILES string of the molecule is CNC(C(=O)N(C)Cc1cccs1)c1cnn(C)c1.Cl. The first-order valence-electron chi connectivity index (χ1n) is 6.05. The molecule has 1 unspecified atom stereocenters. The minimum absolute atomic E-state index is 0. The molecule has 0 saturated carbocycles. The van der Waals surface area contributed by atoms with E-state index in [0.717, 1.165) is 5.56 Å². The van der Waals surface area contributed by atoms with Crippen molar-refractivity contribution in [2.75, 3.05) is 14.1 Å². The number of likely N-dealkylation sites (N-methyl/N-ethyl adjacent to an activating group) is 2. The van der Waals surface area contributed by atoms with Crippen LogP contribution in [0.3, 0.4) is 0 Å². The summed E-state index contributed by atoms with van der Waals surface area (Å²) in [6, 6.07) is 3.68. The van der Waals surface area contributed by atoms with Crippen molar-refractivity contribution in [3.63, 3.8) is 0 Å². The van der Waals surface area contributed by atoms with Crippen molar-refractivity contribution in [2.24, 2.45) is 7.05 Å². The number of hydrogen-bond donors (Lipinski definition) is 1. The molecule has 0 aliphatic carbocycles. The molecule has 1 N–H and O–H groups in total. The van der Waals surface area contributed by atoms with Crippen LogP contribution >= 0.6 is 23.7 Å². The molecule has 2 aromatic heterocycles. The zero-order chi connectivity index (χ0) is 13.8. The number of hydrogen-bond acceptors (Lipinski definition) is 4. The van der Waals surface area contributed by atoms with Crippen molar-refractivity contribution < 1.29 is 4.79 Å². The third-order valence-electron chi connectivity index (χ3n) is 2.94. The zero-order valence-electron chi connectivity index (χ0n) is 11.7. The fourth-order valence-corrected chi connectivity index (χ4v) is 2.71. The van der Waals surface area contributed by atoms with Gasteiger partial charge in [0, 0.05) is 30.7 Å². The lowest BCUT2D eigenvalue weighted by molar-refractivity contribution is -0.132. The van der Waals surface area contributed by atoms with Gasteiger partial charge in [-0.2, -0.15) is 5.10 Å². The molecule has 0 radical (unpaired) electrons. The number of rotatable bonds is 5. The molecule has 110 valence electrons. The second-order valence-corrected chi connectivity index (χ2v) is 5.47. The van der Waals surface area contributed by atoms with Gasteiger partial charge in [-0.05, 0) is 18.5 Å². The molecular formula is C13H19ClN4OS. The highest BCUT2D eigenvalue weighted by Gasteiger charge is 2.23. The summed E-state index contributed by atoms with van der Waals surface area (Å²) in [4.78, 5) is 15.4. The van der Waals surface area contributed by atoms with E-state index in [1.54, 1.807) is 34.2 Å². The van der Waals surface area contributed by atoms with E-state index in [0.29, 0.717) is 6.54 Å². The third kappa shape index (κ3) is 3.82. The summed E-state index contributed by atoms with van der Waals surface area (Å²) in [5.74, 6) is 0.0453. The molecular weight excluding hydrogens is 296 g/mol. The number of thiophene rings is 1. The molecule has 0 fully saturated rings. The maximum Gasteiger partial charge on any atom is 0.244 e. The first kappa shape index (κ1) is 16.7. The molecule has 2 rings (SSSR count). The molecule has 0 aromatic carbocycles. The Bertz CT molecular complexity index is 540. The number of amides is 1. The van der Waals surface area contributed by atoms with Gasteiger partial charge in [-0.15, -0.1) is 23.7 Å². The number of halogens is 1. The van der Waals surface area contributed by atoms with Crippen LogP contribution in [0, 0.1) is 0 Å². The van der Waals surface area contributed by atoms with Crippen molar-refractivity contribution in [1.29, 1.82) is 0 Å². The summed E-state index contributed by atoms with van der Waals surface area (Å²) in [5.41, 5.74) is 0.882. The van der Waals surface area contributed by atoms with E-state index in [1.165, 1.54) is 4.88 Å². The van der Waals surface area contributed by atoms with Crippen LogP contribution in [-0.2, 0) is 18.4 Å².